The molecule has 0 saturated carbocycles. The van der Waals surface area contributed by atoms with E-state index in [1.165, 1.54) is 0 Å². The van der Waals surface area contributed by atoms with E-state index in [1.54, 1.807) is 25.3 Å². The van der Waals surface area contributed by atoms with Crippen molar-refractivity contribution < 1.29 is 4.74 Å². The number of rotatable bonds is 3. The molecule has 2 N–H and O–H groups in total. The molecule has 22 heavy (non-hydrogen) atoms. The molecule has 3 aromatic carbocycles. The maximum atomic E-state index is 6.08. The largest absolute Gasteiger partial charge is 0.495 e. The van der Waals surface area contributed by atoms with Crippen LogP contribution in [0.3, 0.4) is 0 Å². The zero-order chi connectivity index (χ0) is 15.5. The highest BCUT2D eigenvalue weighted by Gasteiger charge is 2.04. The van der Waals surface area contributed by atoms with Gasteiger partial charge in [0.25, 0.3) is 0 Å². The first-order valence-electron chi connectivity index (χ1n) is 6.71. The number of ether oxygens (including phenoxy) is 1. The predicted octanol–water partition coefficient (Wildman–Crippen LogP) is 5.50. The van der Waals surface area contributed by atoms with Gasteiger partial charge in [-0.15, -0.1) is 5.11 Å². The van der Waals surface area contributed by atoms with Gasteiger partial charge in [0.05, 0.1) is 23.5 Å². The van der Waals surface area contributed by atoms with E-state index in [1.807, 2.05) is 36.4 Å². The minimum Gasteiger partial charge on any atom is -0.495 e. The van der Waals surface area contributed by atoms with Crippen molar-refractivity contribution in [2.24, 2.45) is 10.2 Å². The summed E-state index contributed by atoms with van der Waals surface area (Å²) in [6.07, 6.45) is 0. The van der Waals surface area contributed by atoms with Crippen LogP contribution < -0.4 is 10.5 Å². The van der Waals surface area contributed by atoms with E-state index >= 15 is 0 Å². The van der Waals surface area contributed by atoms with E-state index in [4.69, 9.17) is 22.1 Å². The number of anilines is 1. The Balaban J connectivity index is 1.99. The normalized spacial score (nSPS) is 11.2. The lowest BCUT2D eigenvalue weighted by molar-refractivity contribution is 0.415. The first-order valence-corrected chi connectivity index (χ1v) is 7.09. The lowest BCUT2D eigenvalue weighted by atomic mass is 10.1. The summed E-state index contributed by atoms with van der Waals surface area (Å²) in [7, 11) is 1.57. The van der Waals surface area contributed by atoms with Crippen LogP contribution in [-0.2, 0) is 0 Å². The lowest BCUT2D eigenvalue weighted by Gasteiger charge is -2.05. The average molecular weight is 312 g/mol. The second-order valence-corrected chi connectivity index (χ2v) is 5.15. The van der Waals surface area contributed by atoms with Crippen molar-refractivity contribution >= 4 is 39.4 Å². The first kappa shape index (κ1) is 14.4. The second-order valence-electron chi connectivity index (χ2n) is 4.74. The summed E-state index contributed by atoms with van der Waals surface area (Å²) in [6, 6.07) is 16.8. The van der Waals surface area contributed by atoms with Gasteiger partial charge < -0.3 is 10.5 Å². The number of methoxy groups -OCH3 is 1. The molecule has 0 aliphatic carbocycles. The van der Waals surface area contributed by atoms with Crippen LogP contribution in [0.2, 0.25) is 5.02 Å². The van der Waals surface area contributed by atoms with E-state index in [9.17, 15) is 0 Å². The Labute approximate surface area is 133 Å². The number of halogens is 1. The van der Waals surface area contributed by atoms with Gasteiger partial charge in [-0.3, -0.25) is 0 Å². The SMILES string of the molecule is COc1ccc(N=Nc2ccc(N)c3ccccc23)cc1Cl. The van der Waals surface area contributed by atoms with Crippen LogP contribution in [0, 0.1) is 0 Å². The summed E-state index contributed by atoms with van der Waals surface area (Å²) in [5.74, 6) is 0.610. The Bertz CT molecular complexity index is 862. The third-order valence-corrected chi connectivity index (χ3v) is 3.64. The van der Waals surface area contributed by atoms with Gasteiger partial charge in [0.2, 0.25) is 0 Å². The molecule has 3 rings (SSSR count). The number of nitrogens with two attached hydrogens (primary N) is 1. The Morgan fingerprint density at radius 1 is 0.955 bits per heavy atom. The number of benzene rings is 3. The van der Waals surface area contributed by atoms with Crippen molar-refractivity contribution in [1.82, 2.24) is 0 Å². The molecule has 0 aromatic heterocycles. The lowest BCUT2D eigenvalue weighted by Crippen LogP contribution is -1.86. The molecular formula is C17H14ClN3O. The molecule has 110 valence electrons. The molecule has 0 aliphatic heterocycles. The number of hydrogen-bond acceptors (Lipinski definition) is 4. The summed E-state index contributed by atoms with van der Waals surface area (Å²) in [5.41, 5.74) is 8.12. The topological polar surface area (TPSA) is 60.0 Å². The van der Waals surface area contributed by atoms with Gasteiger partial charge >= 0.3 is 0 Å². The number of nitrogen functional groups attached to an aromatic ring is 1. The molecule has 0 bridgehead atoms. The van der Waals surface area contributed by atoms with Gasteiger partial charge in [-0.1, -0.05) is 35.9 Å². The van der Waals surface area contributed by atoms with Crippen LogP contribution in [0.5, 0.6) is 5.75 Å². The van der Waals surface area contributed by atoms with Gasteiger partial charge in [0, 0.05) is 16.5 Å². The van der Waals surface area contributed by atoms with E-state index in [0.29, 0.717) is 16.5 Å². The molecule has 0 unspecified atom stereocenters. The molecule has 0 amide bonds. The minimum absolute atomic E-state index is 0.501. The molecule has 0 radical (unpaired) electrons. The third kappa shape index (κ3) is 2.73. The fourth-order valence-corrected chi connectivity index (χ4v) is 2.47. The number of azo groups is 1. The van der Waals surface area contributed by atoms with E-state index in [2.05, 4.69) is 10.2 Å². The highest BCUT2D eigenvalue weighted by molar-refractivity contribution is 6.32. The molecular weight excluding hydrogens is 298 g/mol. The van der Waals surface area contributed by atoms with Crippen LogP contribution >= 0.6 is 11.6 Å². The van der Waals surface area contributed by atoms with Crippen LogP contribution in [0.25, 0.3) is 10.8 Å². The van der Waals surface area contributed by atoms with Crippen LogP contribution in [0.4, 0.5) is 17.1 Å². The molecule has 3 aromatic rings. The number of nitrogens with zero attached hydrogens (tertiary/aromatic N) is 2. The summed E-state index contributed by atoms with van der Waals surface area (Å²) < 4.78 is 5.12. The Morgan fingerprint density at radius 2 is 1.73 bits per heavy atom. The predicted molar refractivity (Wildman–Crippen MR) is 90.5 cm³/mol. The molecule has 0 atom stereocenters. The fourth-order valence-electron chi connectivity index (χ4n) is 2.22. The van der Waals surface area contributed by atoms with Crippen molar-refractivity contribution in [2.75, 3.05) is 12.8 Å². The Hall–Kier alpha value is -2.59. The number of hydrogen-bond donors (Lipinski definition) is 1. The highest BCUT2D eigenvalue weighted by atomic mass is 35.5. The van der Waals surface area contributed by atoms with Crippen LogP contribution in [0.15, 0.2) is 64.8 Å². The molecule has 4 nitrogen and oxygen atoms in total. The summed E-state index contributed by atoms with van der Waals surface area (Å²) in [5, 5.41) is 11.0. The summed E-state index contributed by atoms with van der Waals surface area (Å²) in [6.45, 7) is 0. The number of fused-ring (bicyclic) bond motifs is 1. The quantitative estimate of drug-likeness (QED) is 0.513. The van der Waals surface area contributed by atoms with Gasteiger partial charge in [-0.25, -0.2) is 0 Å². The van der Waals surface area contributed by atoms with Gasteiger partial charge in [-0.05, 0) is 30.3 Å². The first-order chi connectivity index (χ1) is 10.7. The summed E-state index contributed by atoms with van der Waals surface area (Å²) in [4.78, 5) is 0. The van der Waals surface area contributed by atoms with Crippen molar-refractivity contribution in [3.63, 3.8) is 0 Å². The van der Waals surface area contributed by atoms with E-state index in [0.717, 1.165) is 22.1 Å². The van der Waals surface area contributed by atoms with E-state index in [-0.39, 0.29) is 0 Å². The molecule has 0 aliphatic rings. The summed E-state index contributed by atoms with van der Waals surface area (Å²) >= 11 is 6.08. The second kappa shape index (κ2) is 6.03. The highest BCUT2D eigenvalue weighted by Crippen LogP contribution is 2.33. The minimum atomic E-state index is 0.501. The monoisotopic (exact) mass is 311 g/mol. The van der Waals surface area contributed by atoms with Crippen molar-refractivity contribution in [1.29, 1.82) is 0 Å². The zero-order valence-electron chi connectivity index (χ0n) is 12.0. The van der Waals surface area contributed by atoms with Crippen molar-refractivity contribution in [3.05, 3.63) is 59.6 Å². The van der Waals surface area contributed by atoms with Crippen molar-refractivity contribution in [2.45, 2.75) is 0 Å². The maximum Gasteiger partial charge on any atom is 0.137 e. The average Bonchev–Trinajstić information content (AvgIpc) is 2.55. The Morgan fingerprint density at radius 3 is 2.45 bits per heavy atom. The molecule has 0 spiro atoms. The van der Waals surface area contributed by atoms with Crippen LogP contribution in [-0.4, -0.2) is 7.11 Å². The maximum absolute atomic E-state index is 6.08. The third-order valence-electron chi connectivity index (χ3n) is 3.34. The van der Waals surface area contributed by atoms with Gasteiger partial charge in [0.15, 0.2) is 0 Å². The Kier molecular flexibility index (Phi) is 3.94. The van der Waals surface area contributed by atoms with Gasteiger partial charge in [0.1, 0.15) is 5.75 Å². The van der Waals surface area contributed by atoms with Crippen molar-refractivity contribution in [3.8, 4) is 5.75 Å². The fraction of sp³-hybridized carbons (Fsp3) is 0.0588. The smallest absolute Gasteiger partial charge is 0.137 e. The standard InChI is InChI=1S/C17H14ClN3O/c1-22-17-9-6-11(10-14(17)18)20-21-16-8-7-15(19)12-4-2-3-5-13(12)16/h2-10H,19H2,1H3. The molecule has 0 saturated heterocycles. The van der Waals surface area contributed by atoms with Crippen LogP contribution in [0.1, 0.15) is 0 Å². The molecule has 0 heterocycles. The van der Waals surface area contributed by atoms with E-state index < -0.39 is 0 Å². The molecule has 5 heteroatoms. The molecule has 0 fully saturated rings. The zero-order valence-corrected chi connectivity index (χ0v) is 12.7. The van der Waals surface area contributed by atoms with Gasteiger partial charge in [-0.2, -0.15) is 5.11 Å².